The molecule has 0 bridgehead atoms. The Hall–Kier alpha value is -2.78. The third-order valence-corrected chi connectivity index (χ3v) is 8.91. The fourth-order valence-electron chi connectivity index (χ4n) is 4.64. The summed E-state index contributed by atoms with van der Waals surface area (Å²) in [5, 5.41) is 4.24. The Morgan fingerprint density at radius 3 is 2.21 bits per heavy atom. The van der Waals surface area contributed by atoms with Crippen molar-refractivity contribution in [1.82, 2.24) is 10.2 Å². The molecule has 0 heterocycles. The standard InChI is InChI=1S/C32H38Cl3N3O4S/c1-22(2)20-36-32(40)30(17-24-9-6-5-7-10-24)37(21-25-13-15-26(33)18-28(25)35)31(39)11-8-16-38(43(4,41)42)29-19-27(34)14-12-23(29)3/h5-7,9-10,12-15,18-19,22,30H,8,11,16-17,20-21H2,1-4H3,(H,36,40). The second-order valence-corrected chi connectivity index (χ2v) is 14.2. The summed E-state index contributed by atoms with van der Waals surface area (Å²) in [5.41, 5.74) is 2.74. The summed E-state index contributed by atoms with van der Waals surface area (Å²) < 4.78 is 26.8. The highest BCUT2D eigenvalue weighted by atomic mass is 35.5. The van der Waals surface area contributed by atoms with Crippen molar-refractivity contribution in [2.24, 2.45) is 5.92 Å². The number of rotatable bonds is 14. The van der Waals surface area contributed by atoms with Gasteiger partial charge in [-0.3, -0.25) is 13.9 Å². The van der Waals surface area contributed by atoms with Gasteiger partial charge in [-0.1, -0.05) is 91.1 Å². The van der Waals surface area contributed by atoms with E-state index in [0.717, 1.165) is 17.4 Å². The molecule has 0 saturated carbocycles. The van der Waals surface area contributed by atoms with Crippen molar-refractivity contribution >= 4 is 62.3 Å². The maximum Gasteiger partial charge on any atom is 0.243 e. The maximum absolute atomic E-state index is 14.0. The van der Waals surface area contributed by atoms with E-state index in [-0.39, 0.29) is 43.7 Å². The molecule has 1 unspecified atom stereocenters. The Labute approximate surface area is 270 Å². The van der Waals surface area contributed by atoms with E-state index in [4.69, 9.17) is 34.8 Å². The lowest BCUT2D eigenvalue weighted by Crippen LogP contribution is -2.51. The summed E-state index contributed by atoms with van der Waals surface area (Å²) in [7, 11) is -3.66. The van der Waals surface area contributed by atoms with E-state index in [9.17, 15) is 18.0 Å². The second-order valence-electron chi connectivity index (χ2n) is 11.0. The SMILES string of the molecule is Cc1ccc(Cl)cc1N(CCCC(=O)N(Cc1ccc(Cl)cc1Cl)C(Cc1ccccc1)C(=O)NCC(C)C)S(C)(=O)=O. The minimum atomic E-state index is -3.66. The number of anilines is 1. The Morgan fingerprint density at radius 2 is 1.58 bits per heavy atom. The predicted octanol–water partition coefficient (Wildman–Crippen LogP) is 6.91. The van der Waals surface area contributed by atoms with Gasteiger partial charge in [-0.05, 0) is 60.2 Å². The Balaban J connectivity index is 1.93. The molecule has 7 nitrogen and oxygen atoms in total. The molecule has 0 aliphatic rings. The number of aryl methyl sites for hydroxylation is 1. The molecule has 0 aliphatic heterocycles. The number of hydrogen-bond donors (Lipinski definition) is 1. The van der Waals surface area contributed by atoms with Gasteiger partial charge in [0.25, 0.3) is 0 Å². The average Bonchev–Trinajstić information content (AvgIpc) is 2.94. The van der Waals surface area contributed by atoms with E-state index in [0.29, 0.717) is 39.3 Å². The highest BCUT2D eigenvalue weighted by molar-refractivity contribution is 7.92. The minimum absolute atomic E-state index is 0.000404. The lowest BCUT2D eigenvalue weighted by Gasteiger charge is -2.32. The van der Waals surface area contributed by atoms with Crippen LogP contribution < -0.4 is 9.62 Å². The van der Waals surface area contributed by atoms with E-state index in [1.807, 2.05) is 44.2 Å². The van der Waals surface area contributed by atoms with E-state index in [2.05, 4.69) is 5.32 Å². The van der Waals surface area contributed by atoms with Gasteiger partial charge in [-0.2, -0.15) is 0 Å². The van der Waals surface area contributed by atoms with Crippen LogP contribution in [0.5, 0.6) is 0 Å². The number of hydrogen-bond acceptors (Lipinski definition) is 4. The van der Waals surface area contributed by atoms with Crippen LogP contribution in [0.3, 0.4) is 0 Å². The van der Waals surface area contributed by atoms with Crippen molar-refractivity contribution in [2.45, 2.75) is 52.6 Å². The summed E-state index contributed by atoms with van der Waals surface area (Å²) in [4.78, 5) is 29.1. The zero-order valence-electron chi connectivity index (χ0n) is 24.8. The number of carbonyl (C=O) groups is 2. The molecular formula is C32H38Cl3N3O4S. The smallest absolute Gasteiger partial charge is 0.243 e. The van der Waals surface area contributed by atoms with Crippen molar-refractivity contribution in [3.8, 4) is 0 Å². The van der Waals surface area contributed by atoms with Gasteiger partial charge in [0, 0.05) is 47.5 Å². The molecule has 3 rings (SSSR count). The van der Waals surface area contributed by atoms with Crippen molar-refractivity contribution in [1.29, 1.82) is 0 Å². The number of nitrogens with one attached hydrogen (secondary N) is 1. The van der Waals surface area contributed by atoms with Crippen LogP contribution in [0.25, 0.3) is 0 Å². The molecule has 0 saturated heterocycles. The number of sulfonamides is 1. The van der Waals surface area contributed by atoms with Crippen LogP contribution >= 0.6 is 34.8 Å². The quantitative estimate of drug-likeness (QED) is 0.203. The molecule has 0 spiro atoms. The van der Waals surface area contributed by atoms with Crippen LogP contribution in [-0.2, 0) is 32.6 Å². The molecule has 0 aliphatic carbocycles. The first-order valence-electron chi connectivity index (χ1n) is 14.0. The third kappa shape index (κ3) is 10.4. The zero-order valence-corrected chi connectivity index (χ0v) is 27.9. The summed E-state index contributed by atoms with van der Waals surface area (Å²) in [6, 6.07) is 18.7. The van der Waals surface area contributed by atoms with E-state index in [1.165, 1.54) is 9.21 Å². The van der Waals surface area contributed by atoms with Crippen LogP contribution in [0.15, 0.2) is 66.7 Å². The van der Waals surface area contributed by atoms with Crippen molar-refractivity contribution in [3.05, 3.63) is 98.5 Å². The molecule has 43 heavy (non-hydrogen) atoms. The van der Waals surface area contributed by atoms with Crippen molar-refractivity contribution < 1.29 is 18.0 Å². The third-order valence-electron chi connectivity index (χ3n) is 6.90. The molecule has 0 radical (unpaired) electrons. The molecule has 1 N–H and O–H groups in total. The van der Waals surface area contributed by atoms with Crippen LogP contribution in [0.2, 0.25) is 15.1 Å². The van der Waals surface area contributed by atoms with Gasteiger partial charge in [0.1, 0.15) is 6.04 Å². The summed E-state index contributed by atoms with van der Waals surface area (Å²) >= 11 is 18.8. The van der Waals surface area contributed by atoms with Gasteiger partial charge in [-0.15, -0.1) is 0 Å². The first kappa shape index (κ1) is 34.7. The largest absolute Gasteiger partial charge is 0.354 e. The summed E-state index contributed by atoms with van der Waals surface area (Å²) in [5.74, 6) is -0.362. The normalized spacial score (nSPS) is 12.2. The number of amides is 2. The lowest BCUT2D eigenvalue weighted by molar-refractivity contribution is -0.141. The maximum atomic E-state index is 14.0. The monoisotopic (exact) mass is 665 g/mol. The summed E-state index contributed by atoms with van der Waals surface area (Å²) in [6.45, 7) is 6.39. The van der Waals surface area contributed by atoms with E-state index in [1.54, 1.807) is 43.3 Å². The van der Waals surface area contributed by atoms with Gasteiger partial charge in [0.2, 0.25) is 21.8 Å². The molecule has 0 aromatic heterocycles. The topological polar surface area (TPSA) is 86.8 Å². The molecule has 3 aromatic rings. The number of halogens is 3. The molecule has 11 heteroatoms. The Bertz CT molecular complexity index is 1520. The van der Waals surface area contributed by atoms with Gasteiger partial charge >= 0.3 is 0 Å². The highest BCUT2D eigenvalue weighted by Crippen LogP contribution is 2.28. The predicted molar refractivity (Wildman–Crippen MR) is 176 cm³/mol. The Kier molecular flexibility index (Phi) is 12.8. The van der Waals surface area contributed by atoms with Gasteiger partial charge in [0.05, 0.1) is 11.9 Å². The van der Waals surface area contributed by atoms with Crippen LogP contribution in [-0.4, -0.2) is 50.5 Å². The Morgan fingerprint density at radius 1 is 0.930 bits per heavy atom. The van der Waals surface area contributed by atoms with Crippen LogP contribution in [0.4, 0.5) is 5.69 Å². The lowest BCUT2D eigenvalue weighted by atomic mass is 10.0. The van der Waals surface area contributed by atoms with Gasteiger partial charge in [0.15, 0.2) is 0 Å². The minimum Gasteiger partial charge on any atom is -0.354 e. The van der Waals surface area contributed by atoms with Crippen LogP contribution in [0, 0.1) is 12.8 Å². The van der Waals surface area contributed by atoms with Crippen molar-refractivity contribution in [3.63, 3.8) is 0 Å². The van der Waals surface area contributed by atoms with Crippen molar-refractivity contribution in [2.75, 3.05) is 23.7 Å². The number of benzene rings is 3. The molecular weight excluding hydrogens is 629 g/mol. The highest BCUT2D eigenvalue weighted by Gasteiger charge is 2.31. The van der Waals surface area contributed by atoms with E-state index >= 15 is 0 Å². The second kappa shape index (κ2) is 15.8. The fraction of sp³-hybridized carbons (Fsp3) is 0.375. The number of carbonyl (C=O) groups excluding carboxylic acids is 2. The molecule has 0 fully saturated rings. The molecule has 2 amide bonds. The van der Waals surface area contributed by atoms with E-state index < -0.39 is 16.1 Å². The van der Waals surface area contributed by atoms with Gasteiger partial charge in [-0.25, -0.2) is 8.42 Å². The number of nitrogens with zero attached hydrogens (tertiary/aromatic N) is 2. The fourth-order valence-corrected chi connectivity index (χ4v) is 6.29. The molecule has 232 valence electrons. The van der Waals surface area contributed by atoms with Crippen LogP contribution in [0.1, 0.15) is 43.4 Å². The average molecular weight is 667 g/mol. The molecule has 3 aromatic carbocycles. The first-order chi connectivity index (χ1) is 20.3. The molecule has 1 atom stereocenters. The summed E-state index contributed by atoms with van der Waals surface area (Å²) in [6.07, 6.45) is 1.63. The van der Waals surface area contributed by atoms with Gasteiger partial charge < -0.3 is 10.2 Å². The zero-order chi connectivity index (χ0) is 31.7. The first-order valence-corrected chi connectivity index (χ1v) is 17.0.